The van der Waals surface area contributed by atoms with E-state index in [4.69, 9.17) is 0 Å². The maximum atomic E-state index is 14.7. The van der Waals surface area contributed by atoms with Crippen LogP contribution in [0.1, 0.15) is 23.7 Å². The lowest BCUT2D eigenvalue weighted by molar-refractivity contribution is 0.0695. The molecule has 1 aromatic carbocycles. The molecule has 0 spiro atoms. The number of anilines is 1. The summed E-state index contributed by atoms with van der Waals surface area (Å²) in [4.78, 5) is 25.7. The largest absolute Gasteiger partial charge is 0.477 e. The van der Waals surface area contributed by atoms with Crippen molar-refractivity contribution in [1.29, 1.82) is 0 Å². The van der Waals surface area contributed by atoms with Crippen LogP contribution in [0.3, 0.4) is 0 Å². The topological polar surface area (TPSA) is 74.6 Å². The van der Waals surface area contributed by atoms with Gasteiger partial charge in [0, 0.05) is 43.3 Å². The SMILES string of the molecule is CCn1cc(C(=O)O)c(=O)c2cc(F)c(N3CC4CC3CN4)cc21. The molecule has 2 bridgehead atoms. The summed E-state index contributed by atoms with van der Waals surface area (Å²) in [5.74, 6) is -1.77. The summed E-state index contributed by atoms with van der Waals surface area (Å²) >= 11 is 0. The molecular formula is C17H18FN3O3. The minimum absolute atomic E-state index is 0.112. The van der Waals surface area contributed by atoms with Gasteiger partial charge in [-0.1, -0.05) is 0 Å². The fourth-order valence-electron chi connectivity index (χ4n) is 3.89. The second kappa shape index (κ2) is 5.31. The number of halogens is 1. The number of carbonyl (C=O) groups is 1. The Bertz CT molecular complexity index is 908. The number of carboxylic acids is 1. The van der Waals surface area contributed by atoms with Crippen LogP contribution >= 0.6 is 0 Å². The number of aryl methyl sites for hydroxylation is 1. The zero-order chi connectivity index (χ0) is 17.0. The van der Waals surface area contributed by atoms with Crippen molar-refractivity contribution >= 4 is 22.6 Å². The zero-order valence-electron chi connectivity index (χ0n) is 13.3. The molecule has 6 nitrogen and oxygen atoms in total. The number of piperazine rings is 1. The fraction of sp³-hybridized carbons (Fsp3) is 0.412. The summed E-state index contributed by atoms with van der Waals surface area (Å²) in [6.45, 7) is 3.94. The van der Waals surface area contributed by atoms with Crippen LogP contribution < -0.4 is 15.6 Å². The number of nitrogens with one attached hydrogen (secondary N) is 1. The quantitative estimate of drug-likeness (QED) is 0.889. The monoisotopic (exact) mass is 331 g/mol. The Morgan fingerprint density at radius 3 is 2.83 bits per heavy atom. The molecule has 7 heteroatoms. The van der Waals surface area contributed by atoms with E-state index in [9.17, 15) is 19.1 Å². The Morgan fingerprint density at radius 2 is 2.25 bits per heavy atom. The Hall–Kier alpha value is -2.41. The van der Waals surface area contributed by atoms with Crippen molar-refractivity contribution in [3.63, 3.8) is 0 Å². The van der Waals surface area contributed by atoms with E-state index in [1.165, 1.54) is 12.3 Å². The van der Waals surface area contributed by atoms with Crippen molar-refractivity contribution in [2.24, 2.45) is 0 Å². The lowest BCUT2D eigenvalue weighted by Gasteiger charge is -2.30. The molecule has 3 heterocycles. The summed E-state index contributed by atoms with van der Waals surface area (Å²) < 4.78 is 16.4. The molecule has 0 saturated carbocycles. The predicted molar refractivity (Wildman–Crippen MR) is 88.3 cm³/mol. The molecule has 2 aliphatic heterocycles. The number of fused-ring (bicyclic) bond motifs is 3. The molecule has 2 atom stereocenters. The van der Waals surface area contributed by atoms with Gasteiger partial charge < -0.3 is 19.9 Å². The number of nitrogens with zero attached hydrogens (tertiary/aromatic N) is 2. The van der Waals surface area contributed by atoms with E-state index >= 15 is 0 Å². The highest BCUT2D eigenvalue weighted by molar-refractivity contribution is 5.93. The molecule has 2 fully saturated rings. The number of aromatic nitrogens is 1. The Morgan fingerprint density at radius 1 is 1.46 bits per heavy atom. The van der Waals surface area contributed by atoms with Crippen LogP contribution in [0.2, 0.25) is 0 Å². The number of aromatic carboxylic acids is 1. The Kier molecular flexibility index (Phi) is 3.35. The van der Waals surface area contributed by atoms with Crippen molar-refractivity contribution < 1.29 is 14.3 Å². The van der Waals surface area contributed by atoms with E-state index in [1.54, 1.807) is 10.6 Å². The van der Waals surface area contributed by atoms with E-state index in [0.29, 0.717) is 23.8 Å². The number of hydrogen-bond acceptors (Lipinski definition) is 4. The van der Waals surface area contributed by atoms with Crippen LogP contribution in [0.5, 0.6) is 0 Å². The van der Waals surface area contributed by atoms with E-state index in [2.05, 4.69) is 5.32 Å². The third-order valence-corrected chi connectivity index (χ3v) is 5.09. The Labute approximate surface area is 137 Å². The first-order valence-electron chi connectivity index (χ1n) is 8.09. The second-order valence-corrected chi connectivity index (χ2v) is 6.43. The number of carboxylic acid groups (broad SMARTS) is 1. The van der Waals surface area contributed by atoms with Gasteiger partial charge in [0.05, 0.1) is 11.2 Å². The second-order valence-electron chi connectivity index (χ2n) is 6.43. The average Bonchev–Trinajstić information content (AvgIpc) is 3.18. The lowest BCUT2D eigenvalue weighted by atomic mass is 10.1. The third kappa shape index (κ3) is 2.11. The first-order valence-corrected chi connectivity index (χ1v) is 8.09. The number of rotatable bonds is 3. The number of pyridine rings is 1. The Balaban J connectivity index is 1.93. The minimum atomic E-state index is -1.29. The van der Waals surface area contributed by atoms with Gasteiger partial charge in [0.1, 0.15) is 11.4 Å². The van der Waals surface area contributed by atoms with Crippen molar-refractivity contribution in [3.05, 3.63) is 39.9 Å². The number of hydrogen-bond donors (Lipinski definition) is 2. The van der Waals surface area contributed by atoms with E-state index in [1.807, 2.05) is 11.8 Å². The first kappa shape index (κ1) is 15.1. The van der Waals surface area contributed by atoms with Crippen LogP contribution in [0.4, 0.5) is 10.1 Å². The molecule has 126 valence electrons. The summed E-state index contributed by atoms with van der Waals surface area (Å²) in [6.07, 6.45) is 2.34. The molecule has 0 radical (unpaired) electrons. The molecule has 2 aromatic rings. The summed E-state index contributed by atoms with van der Waals surface area (Å²) in [5.41, 5.74) is 0.0824. The van der Waals surface area contributed by atoms with E-state index in [-0.39, 0.29) is 17.0 Å². The molecule has 2 N–H and O–H groups in total. The molecule has 0 amide bonds. The minimum Gasteiger partial charge on any atom is -0.477 e. The normalized spacial score (nSPS) is 22.5. The average molecular weight is 331 g/mol. The molecule has 1 aromatic heterocycles. The predicted octanol–water partition coefficient (Wildman–Crippen LogP) is 1.41. The van der Waals surface area contributed by atoms with Gasteiger partial charge in [-0.15, -0.1) is 0 Å². The van der Waals surface area contributed by atoms with Crippen molar-refractivity contribution in [2.45, 2.75) is 32.0 Å². The van der Waals surface area contributed by atoms with Gasteiger partial charge in [0.15, 0.2) is 0 Å². The molecule has 2 aliphatic rings. The van der Waals surface area contributed by atoms with Crippen LogP contribution in [-0.4, -0.2) is 40.8 Å². The third-order valence-electron chi connectivity index (χ3n) is 5.09. The van der Waals surface area contributed by atoms with Gasteiger partial charge in [0.2, 0.25) is 5.43 Å². The van der Waals surface area contributed by atoms with Gasteiger partial charge in [0.25, 0.3) is 0 Å². The first-order chi connectivity index (χ1) is 11.5. The van der Waals surface area contributed by atoms with Crippen molar-refractivity contribution in [2.75, 3.05) is 18.0 Å². The molecule has 2 saturated heterocycles. The van der Waals surface area contributed by atoms with Gasteiger partial charge >= 0.3 is 5.97 Å². The van der Waals surface area contributed by atoms with Gasteiger partial charge in [-0.05, 0) is 25.5 Å². The highest BCUT2D eigenvalue weighted by Gasteiger charge is 2.38. The molecule has 4 rings (SSSR count). The van der Waals surface area contributed by atoms with Crippen molar-refractivity contribution in [3.8, 4) is 0 Å². The smallest absolute Gasteiger partial charge is 0.341 e. The van der Waals surface area contributed by atoms with E-state index in [0.717, 1.165) is 19.5 Å². The summed E-state index contributed by atoms with van der Waals surface area (Å²) in [5, 5.41) is 12.7. The van der Waals surface area contributed by atoms with Gasteiger partial charge in [-0.3, -0.25) is 4.79 Å². The number of benzene rings is 1. The molecule has 0 aliphatic carbocycles. The molecular weight excluding hydrogens is 313 g/mol. The van der Waals surface area contributed by atoms with Gasteiger partial charge in [-0.25, -0.2) is 9.18 Å². The van der Waals surface area contributed by atoms with Crippen molar-refractivity contribution in [1.82, 2.24) is 9.88 Å². The summed E-state index contributed by atoms with van der Waals surface area (Å²) in [6, 6.07) is 3.52. The van der Waals surface area contributed by atoms with Crippen LogP contribution in [0.25, 0.3) is 10.9 Å². The molecule has 24 heavy (non-hydrogen) atoms. The van der Waals surface area contributed by atoms with Crippen LogP contribution in [0, 0.1) is 5.82 Å². The zero-order valence-corrected chi connectivity index (χ0v) is 13.3. The standard InChI is InChI=1S/C17H18FN3O3/c1-2-20-8-12(17(23)24)16(22)11-4-13(18)15(5-14(11)20)21-7-9-3-10(21)6-19-9/h4-5,8-10,19H,2-3,6-7H2,1H3,(H,23,24). The maximum absolute atomic E-state index is 14.7. The van der Waals surface area contributed by atoms with E-state index < -0.39 is 17.2 Å². The molecule has 2 unspecified atom stereocenters. The van der Waals surface area contributed by atoms with Gasteiger partial charge in [-0.2, -0.15) is 0 Å². The highest BCUT2D eigenvalue weighted by atomic mass is 19.1. The highest BCUT2D eigenvalue weighted by Crippen LogP contribution is 2.33. The van der Waals surface area contributed by atoms with Crippen LogP contribution in [-0.2, 0) is 6.54 Å². The summed E-state index contributed by atoms with van der Waals surface area (Å²) in [7, 11) is 0. The fourth-order valence-corrected chi connectivity index (χ4v) is 3.89. The maximum Gasteiger partial charge on any atom is 0.341 e. The van der Waals surface area contributed by atoms with Crippen LogP contribution in [0.15, 0.2) is 23.1 Å². The lowest BCUT2D eigenvalue weighted by Crippen LogP contribution is -2.44.